The fraction of sp³-hybridized carbons (Fsp3) is 0.192. The van der Waals surface area contributed by atoms with Gasteiger partial charge in [0.15, 0.2) is 0 Å². The third kappa shape index (κ3) is 5.16. The zero-order chi connectivity index (χ0) is 25.2. The fourth-order valence-electron chi connectivity index (χ4n) is 3.77. The first-order chi connectivity index (χ1) is 16.7. The van der Waals surface area contributed by atoms with Crippen molar-refractivity contribution in [1.29, 1.82) is 0 Å². The van der Waals surface area contributed by atoms with Gasteiger partial charge in [0.1, 0.15) is 11.6 Å². The highest BCUT2D eigenvalue weighted by molar-refractivity contribution is 7.92. The third-order valence-electron chi connectivity index (χ3n) is 5.66. The molecule has 1 amide bonds. The number of carbonyl (C=O) groups excluding carboxylic acids is 1. The van der Waals surface area contributed by atoms with Crippen molar-refractivity contribution in [1.82, 2.24) is 5.32 Å². The maximum Gasteiger partial charge on any atom is 0.264 e. The first kappa shape index (κ1) is 24.7. The Morgan fingerprint density at radius 3 is 2.37 bits per heavy atom. The number of benzene rings is 3. The monoisotopic (exact) mass is 512 g/mol. The number of anilines is 1. The summed E-state index contributed by atoms with van der Waals surface area (Å²) in [6, 6.07) is 19.1. The molecule has 4 rings (SSSR count). The molecular weight excluding hydrogens is 487 g/mol. The average Bonchev–Trinajstić information content (AvgIpc) is 3.28. The smallest absolute Gasteiger partial charge is 0.264 e. The van der Waals surface area contributed by atoms with Crippen LogP contribution in [-0.4, -0.2) is 28.0 Å². The molecular formula is C26H25FN2O4S2. The third-order valence-corrected chi connectivity index (χ3v) is 8.70. The molecule has 35 heavy (non-hydrogen) atoms. The molecule has 0 fully saturated rings. The molecule has 4 aromatic rings. The lowest BCUT2D eigenvalue weighted by Gasteiger charge is -2.23. The van der Waals surface area contributed by atoms with Gasteiger partial charge in [-0.2, -0.15) is 0 Å². The average molecular weight is 513 g/mol. The number of rotatable bonds is 8. The molecule has 0 saturated heterocycles. The summed E-state index contributed by atoms with van der Waals surface area (Å²) in [6.45, 7) is 3.85. The molecule has 0 radical (unpaired) electrons. The lowest BCUT2D eigenvalue weighted by Crippen LogP contribution is -2.30. The van der Waals surface area contributed by atoms with Crippen LogP contribution in [0.2, 0.25) is 0 Å². The highest BCUT2D eigenvalue weighted by atomic mass is 32.2. The molecule has 182 valence electrons. The second-order valence-corrected chi connectivity index (χ2v) is 10.9. The van der Waals surface area contributed by atoms with E-state index in [-0.39, 0.29) is 29.2 Å². The summed E-state index contributed by atoms with van der Waals surface area (Å²) in [7, 11) is -2.26. The van der Waals surface area contributed by atoms with Crippen LogP contribution in [0.4, 0.5) is 10.1 Å². The van der Waals surface area contributed by atoms with E-state index in [9.17, 15) is 17.6 Å². The van der Waals surface area contributed by atoms with E-state index >= 15 is 0 Å². The maximum atomic E-state index is 13.3. The van der Waals surface area contributed by atoms with E-state index in [1.165, 1.54) is 47.0 Å². The largest absolute Gasteiger partial charge is 0.497 e. The minimum Gasteiger partial charge on any atom is -0.497 e. The Kier molecular flexibility index (Phi) is 7.09. The number of ether oxygens (including phenoxy) is 1. The number of halogens is 1. The van der Waals surface area contributed by atoms with Crippen molar-refractivity contribution in [3.63, 3.8) is 0 Å². The van der Waals surface area contributed by atoms with Gasteiger partial charge in [-0.15, -0.1) is 11.3 Å². The Balaban J connectivity index is 1.58. The normalized spacial score (nSPS) is 12.3. The second-order valence-electron chi connectivity index (χ2n) is 7.92. The van der Waals surface area contributed by atoms with E-state index in [1.54, 1.807) is 49.4 Å². The van der Waals surface area contributed by atoms with Crippen LogP contribution >= 0.6 is 11.3 Å². The van der Waals surface area contributed by atoms with Crippen LogP contribution < -0.4 is 14.4 Å². The topological polar surface area (TPSA) is 75.7 Å². The SMILES string of the molecule is CCN(c1ccc2sc(C(=O)NC(C)c3ccc(F)cc3)cc2c1)S(=O)(=O)c1ccc(OC)cc1. The van der Waals surface area contributed by atoms with Crippen LogP contribution in [0, 0.1) is 5.82 Å². The Hall–Kier alpha value is -3.43. The highest BCUT2D eigenvalue weighted by Gasteiger charge is 2.24. The highest BCUT2D eigenvalue weighted by Crippen LogP contribution is 2.32. The van der Waals surface area contributed by atoms with Gasteiger partial charge in [0, 0.05) is 11.2 Å². The van der Waals surface area contributed by atoms with Gasteiger partial charge in [-0.1, -0.05) is 12.1 Å². The Morgan fingerprint density at radius 2 is 1.74 bits per heavy atom. The van der Waals surface area contributed by atoms with E-state index in [1.807, 2.05) is 13.0 Å². The molecule has 0 aliphatic rings. The maximum absolute atomic E-state index is 13.3. The van der Waals surface area contributed by atoms with Gasteiger partial charge in [0.05, 0.1) is 28.6 Å². The molecule has 1 unspecified atom stereocenters. The number of methoxy groups -OCH3 is 1. The van der Waals surface area contributed by atoms with Gasteiger partial charge in [-0.05, 0) is 85.5 Å². The van der Waals surface area contributed by atoms with Crippen LogP contribution in [-0.2, 0) is 10.0 Å². The molecule has 6 nitrogen and oxygen atoms in total. The molecule has 1 atom stereocenters. The number of hydrogen-bond acceptors (Lipinski definition) is 5. The van der Waals surface area contributed by atoms with E-state index in [4.69, 9.17) is 4.74 Å². The van der Waals surface area contributed by atoms with E-state index in [0.29, 0.717) is 16.3 Å². The number of fused-ring (bicyclic) bond motifs is 1. The Morgan fingerprint density at radius 1 is 1.06 bits per heavy atom. The molecule has 0 bridgehead atoms. The lowest BCUT2D eigenvalue weighted by molar-refractivity contribution is 0.0944. The summed E-state index contributed by atoms with van der Waals surface area (Å²) in [5.41, 5.74) is 1.31. The van der Waals surface area contributed by atoms with Crippen LogP contribution in [0.25, 0.3) is 10.1 Å². The number of sulfonamides is 1. The Bertz CT molecular complexity index is 1450. The predicted molar refractivity (Wildman–Crippen MR) is 137 cm³/mol. The number of carbonyl (C=O) groups is 1. The summed E-state index contributed by atoms with van der Waals surface area (Å²) in [5, 5.41) is 3.70. The van der Waals surface area contributed by atoms with Gasteiger partial charge >= 0.3 is 0 Å². The standard InChI is InChI=1S/C26H25FN2O4S2/c1-4-29(35(31,32)23-12-10-22(33-3)11-13-23)21-9-14-24-19(15-21)16-25(34-24)26(30)28-17(2)18-5-7-20(27)8-6-18/h5-17H,4H2,1-3H3,(H,28,30). The van der Waals surface area contributed by atoms with Gasteiger partial charge in [0.2, 0.25) is 0 Å². The van der Waals surface area contributed by atoms with E-state index in [0.717, 1.165) is 15.6 Å². The zero-order valence-electron chi connectivity index (χ0n) is 19.5. The van der Waals surface area contributed by atoms with Crippen molar-refractivity contribution in [3.05, 3.63) is 89.1 Å². The molecule has 0 aliphatic carbocycles. The molecule has 0 spiro atoms. The van der Waals surface area contributed by atoms with Crippen LogP contribution in [0.1, 0.15) is 35.1 Å². The molecule has 0 aliphatic heterocycles. The van der Waals surface area contributed by atoms with Crippen molar-refractivity contribution in [3.8, 4) is 5.75 Å². The van der Waals surface area contributed by atoms with Gasteiger partial charge in [-0.25, -0.2) is 12.8 Å². The van der Waals surface area contributed by atoms with Crippen molar-refractivity contribution >= 4 is 43.0 Å². The number of thiophene rings is 1. The summed E-state index contributed by atoms with van der Waals surface area (Å²) in [4.78, 5) is 13.5. The quantitative estimate of drug-likeness (QED) is 0.326. The van der Waals surface area contributed by atoms with Crippen molar-refractivity contribution in [2.24, 2.45) is 0 Å². The van der Waals surface area contributed by atoms with Gasteiger partial charge in [-0.3, -0.25) is 9.10 Å². The first-order valence-electron chi connectivity index (χ1n) is 11.0. The number of amides is 1. The van der Waals surface area contributed by atoms with E-state index in [2.05, 4.69) is 5.32 Å². The number of hydrogen-bond donors (Lipinski definition) is 1. The molecule has 0 saturated carbocycles. The zero-order valence-corrected chi connectivity index (χ0v) is 21.1. The van der Waals surface area contributed by atoms with Crippen LogP contribution in [0.5, 0.6) is 5.75 Å². The summed E-state index contributed by atoms with van der Waals surface area (Å²) in [5.74, 6) is -0.00302. The van der Waals surface area contributed by atoms with Crippen LogP contribution in [0.3, 0.4) is 0 Å². The predicted octanol–water partition coefficient (Wildman–Crippen LogP) is 5.76. The summed E-state index contributed by atoms with van der Waals surface area (Å²) in [6.07, 6.45) is 0. The number of nitrogens with one attached hydrogen (secondary N) is 1. The van der Waals surface area contributed by atoms with Crippen molar-refractivity contribution in [2.45, 2.75) is 24.8 Å². The molecule has 9 heteroatoms. The minimum absolute atomic E-state index is 0.167. The summed E-state index contributed by atoms with van der Waals surface area (Å²) >= 11 is 1.33. The van der Waals surface area contributed by atoms with Crippen molar-refractivity contribution < 1.29 is 22.3 Å². The minimum atomic E-state index is -3.78. The first-order valence-corrected chi connectivity index (χ1v) is 13.3. The number of nitrogens with zero attached hydrogens (tertiary/aromatic N) is 1. The molecule has 1 aromatic heterocycles. The molecule has 1 N–H and O–H groups in total. The van der Waals surface area contributed by atoms with Gasteiger partial charge < -0.3 is 10.1 Å². The lowest BCUT2D eigenvalue weighted by atomic mass is 10.1. The summed E-state index contributed by atoms with van der Waals surface area (Å²) < 4.78 is 47.1. The second kappa shape index (κ2) is 10.1. The molecule has 3 aromatic carbocycles. The van der Waals surface area contributed by atoms with Crippen molar-refractivity contribution in [2.75, 3.05) is 18.0 Å². The fourth-order valence-corrected chi connectivity index (χ4v) is 6.18. The Labute approximate surface area is 208 Å². The molecule has 1 heterocycles. The van der Waals surface area contributed by atoms with Gasteiger partial charge in [0.25, 0.3) is 15.9 Å². The van der Waals surface area contributed by atoms with E-state index < -0.39 is 10.0 Å². The van der Waals surface area contributed by atoms with Crippen LogP contribution in [0.15, 0.2) is 77.7 Å².